The van der Waals surface area contributed by atoms with Crippen LogP contribution >= 0.6 is 0 Å². The van der Waals surface area contributed by atoms with E-state index in [1.807, 2.05) is 0 Å². The van der Waals surface area contributed by atoms with Gasteiger partial charge in [-0.2, -0.15) is 0 Å². The number of aldehydes is 1. The maximum atomic E-state index is 11.2. The van der Waals surface area contributed by atoms with E-state index in [0.29, 0.717) is 6.29 Å². The Morgan fingerprint density at radius 2 is 2.00 bits per heavy atom. The molecule has 5 heteroatoms. The SMILES string of the molecule is COCOC1C=CC=CC1(C=O)OCOC. The Morgan fingerprint density at radius 1 is 1.25 bits per heavy atom. The molecule has 1 rings (SSSR count). The van der Waals surface area contributed by atoms with Crippen molar-refractivity contribution in [3.05, 3.63) is 24.3 Å². The highest BCUT2D eigenvalue weighted by molar-refractivity contribution is 5.69. The van der Waals surface area contributed by atoms with Gasteiger partial charge >= 0.3 is 0 Å². The van der Waals surface area contributed by atoms with Gasteiger partial charge in [-0.3, -0.25) is 4.79 Å². The number of allylic oxidation sites excluding steroid dienone is 2. The lowest BCUT2D eigenvalue weighted by atomic mass is 9.93. The minimum absolute atomic E-state index is 0.0176. The number of carbonyl (C=O) groups excluding carboxylic acids is 1. The molecule has 0 aliphatic heterocycles. The maximum absolute atomic E-state index is 11.2. The molecule has 0 bridgehead atoms. The number of methoxy groups -OCH3 is 2. The van der Waals surface area contributed by atoms with Gasteiger partial charge in [0, 0.05) is 14.2 Å². The highest BCUT2D eigenvalue weighted by atomic mass is 16.7. The Hall–Kier alpha value is -1.01. The van der Waals surface area contributed by atoms with Gasteiger partial charge in [0.1, 0.15) is 19.7 Å². The summed E-state index contributed by atoms with van der Waals surface area (Å²) >= 11 is 0. The predicted octanol–water partition coefficient (Wildman–Crippen LogP) is 0.660. The average molecular weight is 228 g/mol. The van der Waals surface area contributed by atoms with Crippen molar-refractivity contribution in [3.8, 4) is 0 Å². The molecule has 0 spiro atoms. The van der Waals surface area contributed by atoms with Crippen LogP contribution in [-0.4, -0.2) is 45.8 Å². The van der Waals surface area contributed by atoms with E-state index in [1.54, 1.807) is 24.3 Å². The standard InChI is InChI=1S/C11H16O5/c1-13-8-15-10-5-3-4-6-11(10,7-12)16-9-14-2/h3-7,10H,8-9H2,1-2H3. The summed E-state index contributed by atoms with van der Waals surface area (Å²) in [5, 5.41) is 0. The Balaban J connectivity index is 2.72. The van der Waals surface area contributed by atoms with E-state index in [0.717, 1.165) is 0 Å². The molecule has 0 saturated heterocycles. The van der Waals surface area contributed by atoms with Crippen molar-refractivity contribution < 1.29 is 23.7 Å². The van der Waals surface area contributed by atoms with Gasteiger partial charge in [-0.15, -0.1) is 0 Å². The zero-order valence-corrected chi connectivity index (χ0v) is 9.42. The van der Waals surface area contributed by atoms with Gasteiger partial charge in [0.2, 0.25) is 0 Å². The molecule has 1 aliphatic rings. The summed E-state index contributed by atoms with van der Waals surface area (Å²) in [5.74, 6) is 0. The van der Waals surface area contributed by atoms with Gasteiger partial charge in [-0.25, -0.2) is 0 Å². The number of rotatable bonds is 7. The largest absolute Gasteiger partial charge is 0.359 e. The molecule has 90 valence electrons. The van der Waals surface area contributed by atoms with Gasteiger partial charge < -0.3 is 18.9 Å². The van der Waals surface area contributed by atoms with Crippen molar-refractivity contribution in [2.75, 3.05) is 27.8 Å². The Morgan fingerprint density at radius 3 is 2.62 bits per heavy atom. The normalized spacial score (nSPS) is 28.2. The predicted molar refractivity (Wildman–Crippen MR) is 56.8 cm³/mol. The summed E-state index contributed by atoms with van der Waals surface area (Å²) < 4.78 is 20.3. The van der Waals surface area contributed by atoms with Crippen LogP contribution in [0.4, 0.5) is 0 Å². The molecule has 5 nitrogen and oxygen atoms in total. The monoisotopic (exact) mass is 228 g/mol. The number of hydrogen-bond acceptors (Lipinski definition) is 5. The third kappa shape index (κ3) is 2.99. The third-order valence-corrected chi connectivity index (χ3v) is 2.17. The van der Waals surface area contributed by atoms with E-state index in [1.165, 1.54) is 14.2 Å². The van der Waals surface area contributed by atoms with Crippen LogP contribution in [0.5, 0.6) is 0 Å². The van der Waals surface area contributed by atoms with E-state index in [-0.39, 0.29) is 13.6 Å². The van der Waals surface area contributed by atoms with Gasteiger partial charge in [0.05, 0.1) is 0 Å². The molecule has 0 heterocycles. The minimum Gasteiger partial charge on any atom is -0.359 e. The molecule has 0 radical (unpaired) electrons. The smallest absolute Gasteiger partial charge is 0.174 e. The zero-order valence-electron chi connectivity index (χ0n) is 9.42. The average Bonchev–Trinajstić information content (AvgIpc) is 2.34. The molecule has 2 atom stereocenters. The van der Waals surface area contributed by atoms with Crippen molar-refractivity contribution in [2.24, 2.45) is 0 Å². The first-order chi connectivity index (χ1) is 7.79. The Bertz CT molecular complexity index is 274. The van der Waals surface area contributed by atoms with Gasteiger partial charge in [0.15, 0.2) is 11.9 Å². The van der Waals surface area contributed by atoms with Gasteiger partial charge in [-0.05, 0) is 6.08 Å². The summed E-state index contributed by atoms with van der Waals surface area (Å²) in [6.07, 6.45) is 7.09. The summed E-state index contributed by atoms with van der Waals surface area (Å²) in [6.45, 7) is 0.110. The van der Waals surface area contributed by atoms with E-state index < -0.39 is 11.7 Å². The second-order valence-electron chi connectivity index (χ2n) is 3.26. The van der Waals surface area contributed by atoms with Crippen molar-refractivity contribution in [2.45, 2.75) is 11.7 Å². The second kappa shape index (κ2) is 6.55. The van der Waals surface area contributed by atoms with Crippen molar-refractivity contribution in [3.63, 3.8) is 0 Å². The Labute approximate surface area is 94.6 Å². The highest BCUT2D eigenvalue weighted by Crippen LogP contribution is 2.23. The topological polar surface area (TPSA) is 54.0 Å². The van der Waals surface area contributed by atoms with E-state index in [2.05, 4.69) is 0 Å². The summed E-state index contributed by atoms with van der Waals surface area (Å²) in [5.41, 5.74) is -1.14. The molecule has 0 fully saturated rings. The molecule has 0 saturated carbocycles. The van der Waals surface area contributed by atoms with Crippen molar-refractivity contribution >= 4 is 6.29 Å². The van der Waals surface area contributed by atoms with Crippen LogP contribution in [0.2, 0.25) is 0 Å². The molecular weight excluding hydrogens is 212 g/mol. The van der Waals surface area contributed by atoms with Crippen LogP contribution in [0.25, 0.3) is 0 Å². The van der Waals surface area contributed by atoms with E-state index in [4.69, 9.17) is 18.9 Å². The van der Waals surface area contributed by atoms with Crippen LogP contribution in [0.1, 0.15) is 0 Å². The van der Waals surface area contributed by atoms with Gasteiger partial charge in [-0.1, -0.05) is 18.2 Å². The highest BCUT2D eigenvalue weighted by Gasteiger charge is 2.38. The second-order valence-corrected chi connectivity index (χ2v) is 3.26. The molecule has 1 aliphatic carbocycles. The molecule has 0 aromatic carbocycles. The lowest BCUT2D eigenvalue weighted by Crippen LogP contribution is -2.47. The van der Waals surface area contributed by atoms with Crippen LogP contribution in [0.15, 0.2) is 24.3 Å². The first-order valence-corrected chi connectivity index (χ1v) is 4.85. The maximum Gasteiger partial charge on any atom is 0.174 e. The molecule has 0 amide bonds. The summed E-state index contributed by atoms with van der Waals surface area (Å²) in [4.78, 5) is 11.2. The molecule has 0 aromatic heterocycles. The van der Waals surface area contributed by atoms with Crippen molar-refractivity contribution in [1.29, 1.82) is 0 Å². The lowest BCUT2D eigenvalue weighted by Gasteiger charge is -2.32. The summed E-state index contributed by atoms with van der Waals surface area (Å²) in [6, 6.07) is 0. The van der Waals surface area contributed by atoms with Gasteiger partial charge in [0.25, 0.3) is 0 Å². The number of ether oxygens (including phenoxy) is 4. The lowest BCUT2D eigenvalue weighted by molar-refractivity contribution is -0.176. The zero-order chi connectivity index (χ0) is 11.9. The molecule has 16 heavy (non-hydrogen) atoms. The van der Waals surface area contributed by atoms with E-state index in [9.17, 15) is 4.79 Å². The minimum atomic E-state index is -1.14. The number of hydrogen-bond donors (Lipinski definition) is 0. The molecule has 0 N–H and O–H groups in total. The molecular formula is C11H16O5. The van der Waals surface area contributed by atoms with Crippen LogP contribution in [0.3, 0.4) is 0 Å². The van der Waals surface area contributed by atoms with Crippen molar-refractivity contribution in [1.82, 2.24) is 0 Å². The van der Waals surface area contributed by atoms with Crippen LogP contribution in [-0.2, 0) is 23.7 Å². The van der Waals surface area contributed by atoms with E-state index >= 15 is 0 Å². The third-order valence-electron chi connectivity index (χ3n) is 2.17. The first kappa shape index (κ1) is 13.1. The fourth-order valence-electron chi connectivity index (χ4n) is 1.37. The molecule has 0 aromatic rings. The molecule has 2 unspecified atom stereocenters. The summed E-state index contributed by atoms with van der Waals surface area (Å²) in [7, 11) is 3.01. The fraction of sp³-hybridized carbons (Fsp3) is 0.545. The fourth-order valence-corrected chi connectivity index (χ4v) is 1.37. The Kier molecular flexibility index (Phi) is 5.34. The number of carbonyl (C=O) groups is 1. The van der Waals surface area contributed by atoms with Crippen LogP contribution in [0, 0.1) is 0 Å². The van der Waals surface area contributed by atoms with Crippen LogP contribution < -0.4 is 0 Å². The quantitative estimate of drug-likeness (QED) is 0.473. The first-order valence-electron chi connectivity index (χ1n) is 4.85.